The molecule has 0 radical (unpaired) electrons. The van der Waals surface area contributed by atoms with Crippen LogP contribution in [0.2, 0.25) is 0 Å². The van der Waals surface area contributed by atoms with E-state index in [-0.39, 0.29) is 35.3 Å². The second-order valence-electron chi connectivity index (χ2n) is 6.57. The first-order valence-electron chi connectivity index (χ1n) is 9.01. The van der Waals surface area contributed by atoms with Gasteiger partial charge in [-0.1, -0.05) is 12.1 Å². The maximum absolute atomic E-state index is 13.1. The van der Waals surface area contributed by atoms with Crippen molar-refractivity contribution in [3.05, 3.63) is 46.9 Å². The molecule has 0 fully saturated rings. The van der Waals surface area contributed by atoms with Crippen molar-refractivity contribution < 1.29 is 14.6 Å². The number of aromatic nitrogens is 3. The molecule has 0 spiro atoms. The Bertz CT molecular complexity index is 1080. The van der Waals surface area contributed by atoms with E-state index in [1.54, 1.807) is 24.3 Å². The van der Waals surface area contributed by atoms with Crippen LogP contribution in [0.1, 0.15) is 20.8 Å². The number of rotatable bonds is 6. The molecule has 1 aromatic carbocycles. The van der Waals surface area contributed by atoms with Gasteiger partial charge in [-0.2, -0.15) is 0 Å². The average molecular weight is 382 g/mol. The van der Waals surface area contributed by atoms with Crippen molar-refractivity contribution in [2.45, 2.75) is 33.4 Å². The number of amides is 1. The van der Waals surface area contributed by atoms with Crippen LogP contribution >= 0.6 is 0 Å². The van der Waals surface area contributed by atoms with Crippen molar-refractivity contribution in [3.63, 3.8) is 0 Å². The van der Waals surface area contributed by atoms with E-state index in [0.29, 0.717) is 23.7 Å². The molecule has 146 valence electrons. The predicted molar refractivity (Wildman–Crippen MR) is 105 cm³/mol. The van der Waals surface area contributed by atoms with Gasteiger partial charge in [0.15, 0.2) is 5.65 Å². The third kappa shape index (κ3) is 4.11. The van der Waals surface area contributed by atoms with Crippen LogP contribution in [-0.4, -0.2) is 38.2 Å². The fraction of sp³-hybridized carbons (Fsp3) is 0.300. The summed E-state index contributed by atoms with van der Waals surface area (Å²) in [6.45, 7) is 5.86. The summed E-state index contributed by atoms with van der Waals surface area (Å²) in [7, 11) is 0. The van der Waals surface area contributed by atoms with Crippen molar-refractivity contribution in [2.75, 3.05) is 6.61 Å². The molecule has 8 nitrogen and oxygen atoms in total. The largest absolute Gasteiger partial charge is 0.506 e. The number of aromatic hydroxyl groups is 1. The molecule has 0 unspecified atom stereocenters. The zero-order valence-corrected chi connectivity index (χ0v) is 16.0. The molecule has 3 aromatic rings. The molecular formula is C20H22N4O4. The van der Waals surface area contributed by atoms with Crippen LogP contribution in [0.3, 0.4) is 0 Å². The number of hydrogen-bond donors (Lipinski definition) is 2. The standard InChI is InChI=1S/C20H22N4O4/c1-4-28-15-7-5-6-13(8-15)19-23-18-16(9-14(25)10-21-18)20(27)24(19)11-17(26)22-12(2)3/h5-10,12,25H,4,11H2,1-3H3,(H,22,26). The van der Waals surface area contributed by atoms with Crippen LogP contribution in [0, 0.1) is 0 Å². The molecule has 2 N–H and O–H groups in total. The van der Waals surface area contributed by atoms with E-state index in [4.69, 9.17) is 4.74 Å². The third-order valence-electron chi connectivity index (χ3n) is 3.95. The molecule has 0 bridgehead atoms. The summed E-state index contributed by atoms with van der Waals surface area (Å²) in [6, 6.07) is 8.38. The second-order valence-corrected chi connectivity index (χ2v) is 6.57. The Morgan fingerprint density at radius 2 is 2.11 bits per heavy atom. The summed E-state index contributed by atoms with van der Waals surface area (Å²) in [6.07, 6.45) is 1.23. The highest BCUT2D eigenvalue weighted by Crippen LogP contribution is 2.23. The summed E-state index contributed by atoms with van der Waals surface area (Å²) < 4.78 is 6.82. The highest BCUT2D eigenvalue weighted by atomic mass is 16.5. The van der Waals surface area contributed by atoms with Gasteiger partial charge in [-0.05, 0) is 39.0 Å². The van der Waals surface area contributed by atoms with Gasteiger partial charge in [-0.25, -0.2) is 9.97 Å². The molecule has 0 saturated carbocycles. The summed E-state index contributed by atoms with van der Waals surface area (Å²) in [5, 5.41) is 12.6. The van der Waals surface area contributed by atoms with Gasteiger partial charge in [0.05, 0.1) is 18.2 Å². The lowest BCUT2D eigenvalue weighted by molar-refractivity contribution is -0.122. The molecule has 3 rings (SSSR count). The van der Waals surface area contributed by atoms with Crippen molar-refractivity contribution in [3.8, 4) is 22.9 Å². The summed E-state index contributed by atoms with van der Waals surface area (Å²) >= 11 is 0. The van der Waals surface area contributed by atoms with Gasteiger partial charge in [0.1, 0.15) is 23.9 Å². The number of benzene rings is 1. The number of pyridine rings is 1. The first kappa shape index (κ1) is 19.3. The predicted octanol–water partition coefficient (Wildman–Crippen LogP) is 2.09. The maximum atomic E-state index is 13.1. The van der Waals surface area contributed by atoms with Crippen LogP contribution in [0.25, 0.3) is 22.4 Å². The monoisotopic (exact) mass is 382 g/mol. The molecule has 0 saturated heterocycles. The van der Waals surface area contributed by atoms with E-state index in [1.165, 1.54) is 16.8 Å². The Morgan fingerprint density at radius 1 is 1.32 bits per heavy atom. The van der Waals surface area contributed by atoms with E-state index in [1.807, 2.05) is 20.8 Å². The van der Waals surface area contributed by atoms with E-state index < -0.39 is 5.56 Å². The van der Waals surface area contributed by atoms with Gasteiger partial charge in [-0.15, -0.1) is 0 Å². The lowest BCUT2D eigenvalue weighted by Crippen LogP contribution is -2.37. The van der Waals surface area contributed by atoms with Gasteiger partial charge in [0.25, 0.3) is 5.56 Å². The van der Waals surface area contributed by atoms with E-state index in [2.05, 4.69) is 15.3 Å². The Labute approximate surface area is 161 Å². The van der Waals surface area contributed by atoms with Crippen molar-refractivity contribution in [2.24, 2.45) is 0 Å². The SMILES string of the molecule is CCOc1cccc(-c2nc3ncc(O)cc3c(=O)n2CC(=O)NC(C)C)c1. The highest BCUT2D eigenvalue weighted by Gasteiger charge is 2.17. The first-order chi connectivity index (χ1) is 13.4. The normalized spacial score (nSPS) is 11.0. The van der Waals surface area contributed by atoms with Gasteiger partial charge in [-0.3, -0.25) is 14.2 Å². The number of nitrogens with zero attached hydrogens (tertiary/aromatic N) is 3. The van der Waals surface area contributed by atoms with Gasteiger partial charge >= 0.3 is 0 Å². The van der Waals surface area contributed by atoms with Crippen LogP contribution in [0.5, 0.6) is 11.5 Å². The minimum atomic E-state index is -0.455. The Balaban J connectivity index is 2.20. The van der Waals surface area contributed by atoms with Gasteiger partial charge in [0.2, 0.25) is 5.91 Å². The number of fused-ring (bicyclic) bond motifs is 1. The molecule has 1 amide bonds. The Morgan fingerprint density at radius 3 is 2.82 bits per heavy atom. The lowest BCUT2D eigenvalue weighted by Gasteiger charge is -2.15. The Hall–Kier alpha value is -3.42. The molecule has 0 atom stereocenters. The van der Waals surface area contributed by atoms with Crippen LogP contribution < -0.4 is 15.6 Å². The molecule has 0 aliphatic rings. The van der Waals surface area contributed by atoms with Crippen LogP contribution in [0.15, 0.2) is 41.3 Å². The van der Waals surface area contributed by atoms with Crippen molar-refractivity contribution in [1.82, 2.24) is 19.9 Å². The van der Waals surface area contributed by atoms with Gasteiger partial charge < -0.3 is 15.2 Å². The molecular weight excluding hydrogens is 360 g/mol. The van der Waals surface area contributed by atoms with Gasteiger partial charge in [0, 0.05) is 11.6 Å². The minimum Gasteiger partial charge on any atom is -0.506 e. The average Bonchev–Trinajstić information content (AvgIpc) is 2.64. The van der Waals surface area contributed by atoms with Crippen LogP contribution in [-0.2, 0) is 11.3 Å². The van der Waals surface area contributed by atoms with E-state index in [9.17, 15) is 14.7 Å². The third-order valence-corrected chi connectivity index (χ3v) is 3.95. The number of carbonyl (C=O) groups is 1. The molecule has 0 aliphatic carbocycles. The maximum Gasteiger partial charge on any atom is 0.263 e. The summed E-state index contributed by atoms with van der Waals surface area (Å²) in [4.78, 5) is 33.9. The second kappa shape index (κ2) is 8.08. The molecule has 2 heterocycles. The van der Waals surface area contributed by atoms with E-state index in [0.717, 1.165) is 0 Å². The van der Waals surface area contributed by atoms with Crippen LogP contribution in [0.4, 0.5) is 0 Å². The fourth-order valence-electron chi connectivity index (χ4n) is 2.87. The fourth-order valence-corrected chi connectivity index (χ4v) is 2.87. The minimum absolute atomic E-state index is 0.0629. The molecule has 8 heteroatoms. The zero-order valence-electron chi connectivity index (χ0n) is 16.0. The Kier molecular flexibility index (Phi) is 5.58. The van der Waals surface area contributed by atoms with Crippen molar-refractivity contribution in [1.29, 1.82) is 0 Å². The molecule has 0 aliphatic heterocycles. The number of hydrogen-bond acceptors (Lipinski definition) is 6. The molecule has 28 heavy (non-hydrogen) atoms. The first-order valence-corrected chi connectivity index (χ1v) is 9.01. The zero-order chi connectivity index (χ0) is 20.3. The smallest absolute Gasteiger partial charge is 0.263 e. The number of nitrogens with one attached hydrogen (secondary N) is 1. The number of carbonyl (C=O) groups excluding carboxylic acids is 1. The quantitative estimate of drug-likeness (QED) is 0.676. The van der Waals surface area contributed by atoms with Crippen molar-refractivity contribution >= 4 is 16.9 Å². The highest BCUT2D eigenvalue weighted by molar-refractivity contribution is 5.80. The number of ether oxygens (including phenoxy) is 1. The molecule has 2 aromatic heterocycles. The summed E-state index contributed by atoms with van der Waals surface area (Å²) in [5.74, 6) is 0.478. The topological polar surface area (TPSA) is 106 Å². The summed E-state index contributed by atoms with van der Waals surface area (Å²) in [5.41, 5.74) is 0.362. The van der Waals surface area contributed by atoms with E-state index >= 15 is 0 Å². The lowest BCUT2D eigenvalue weighted by atomic mass is 10.2.